The molecule has 1 aromatic heterocycles. The van der Waals surface area contributed by atoms with Crippen LogP contribution in [0.2, 0.25) is 5.15 Å². The Hall–Kier alpha value is -2.46. The van der Waals surface area contributed by atoms with Gasteiger partial charge in [0, 0.05) is 0 Å². The molecule has 1 saturated carbocycles. The highest BCUT2D eigenvalue weighted by Crippen LogP contribution is 2.36. The molecule has 0 amide bonds. The minimum absolute atomic E-state index is 0.0406. The van der Waals surface area contributed by atoms with Crippen LogP contribution in [-0.2, 0) is 0 Å². The largest absolute Gasteiger partial charge is 0.487 e. The summed E-state index contributed by atoms with van der Waals surface area (Å²) in [4.78, 5) is 0. The van der Waals surface area contributed by atoms with Crippen molar-refractivity contribution in [3.63, 3.8) is 0 Å². The van der Waals surface area contributed by atoms with Gasteiger partial charge >= 0.3 is 6.61 Å². The molecule has 0 radical (unpaired) electrons. The van der Waals surface area contributed by atoms with E-state index >= 15 is 0 Å². The number of alkyl halides is 2. The van der Waals surface area contributed by atoms with E-state index in [1.165, 1.54) is 6.07 Å². The number of nitriles is 1. The van der Waals surface area contributed by atoms with E-state index in [1.54, 1.807) is 24.3 Å². The summed E-state index contributed by atoms with van der Waals surface area (Å²) in [7, 11) is 0. The number of hydrogen-bond donors (Lipinski definition) is 0. The quantitative estimate of drug-likeness (QED) is 0.727. The van der Waals surface area contributed by atoms with Gasteiger partial charge in [-0.1, -0.05) is 17.7 Å². The molecule has 136 valence electrons. The lowest BCUT2D eigenvalue weighted by molar-refractivity contribution is -0.0520. The molecule has 0 spiro atoms. The lowest BCUT2D eigenvalue weighted by Gasteiger charge is -2.18. The molecular formula is C18H16ClF2N3O2. The first kappa shape index (κ1) is 18.3. The summed E-state index contributed by atoms with van der Waals surface area (Å²) in [5.41, 5.74) is 0.963. The summed E-state index contributed by atoms with van der Waals surface area (Å²) < 4.78 is 35.8. The fraction of sp³-hybridized carbons (Fsp3) is 0.389. The Kier molecular flexibility index (Phi) is 5.84. The first-order valence-electron chi connectivity index (χ1n) is 8.21. The van der Waals surface area contributed by atoms with Crippen molar-refractivity contribution in [3.8, 4) is 17.6 Å². The number of aromatic nitrogens is 2. The van der Waals surface area contributed by atoms with Crippen molar-refractivity contribution in [2.75, 3.05) is 0 Å². The van der Waals surface area contributed by atoms with Gasteiger partial charge in [0.25, 0.3) is 0 Å². The van der Waals surface area contributed by atoms with Gasteiger partial charge in [-0.2, -0.15) is 19.1 Å². The smallest absolute Gasteiger partial charge is 0.387 e. The molecule has 1 unspecified atom stereocenters. The van der Waals surface area contributed by atoms with Crippen molar-refractivity contribution in [1.29, 1.82) is 5.26 Å². The summed E-state index contributed by atoms with van der Waals surface area (Å²) in [5.74, 6) is -0.572. The molecule has 1 aliphatic rings. The van der Waals surface area contributed by atoms with Gasteiger partial charge in [-0.05, 0) is 55.5 Å². The first-order valence-corrected chi connectivity index (χ1v) is 8.59. The van der Waals surface area contributed by atoms with Crippen molar-refractivity contribution in [1.82, 2.24) is 10.2 Å². The van der Waals surface area contributed by atoms with Crippen molar-refractivity contribution in [3.05, 3.63) is 46.7 Å². The van der Waals surface area contributed by atoms with E-state index in [-0.39, 0.29) is 22.8 Å². The number of halogens is 3. The molecule has 1 aliphatic carbocycles. The van der Waals surface area contributed by atoms with Gasteiger partial charge in [0.2, 0.25) is 0 Å². The molecule has 3 rings (SSSR count). The molecule has 0 bridgehead atoms. The van der Waals surface area contributed by atoms with Crippen LogP contribution < -0.4 is 9.47 Å². The molecule has 0 saturated heterocycles. The molecule has 1 heterocycles. The van der Waals surface area contributed by atoms with Gasteiger partial charge in [-0.3, -0.25) is 0 Å². The Morgan fingerprint density at radius 2 is 1.88 bits per heavy atom. The zero-order valence-corrected chi connectivity index (χ0v) is 14.5. The Labute approximate surface area is 154 Å². The number of nitrogens with zero attached hydrogens (tertiary/aromatic N) is 3. The number of hydrogen-bond acceptors (Lipinski definition) is 5. The molecule has 26 heavy (non-hydrogen) atoms. The Bertz CT molecular complexity index is 790. The molecular weight excluding hydrogens is 364 g/mol. The van der Waals surface area contributed by atoms with Crippen LogP contribution >= 0.6 is 11.6 Å². The second-order valence-electron chi connectivity index (χ2n) is 5.95. The van der Waals surface area contributed by atoms with E-state index in [9.17, 15) is 14.0 Å². The Morgan fingerprint density at radius 1 is 1.12 bits per heavy atom. The predicted octanol–water partition coefficient (Wildman–Crippen LogP) is 4.71. The highest BCUT2D eigenvalue weighted by Gasteiger charge is 2.23. The normalized spacial score (nSPS) is 15.7. The highest BCUT2D eigenvalue weighted by atomic mass is 35.5. The minimum atomic E-state index is -2.96. The van der Waals surface area contributed by atoms with E-state index in [4.69, 9.17) is 16.3 Å². The second-order valence-corrected chi connectivity index (χ2v) is 6.34. The number of ether oxygens (including phenoxy) is 2. The van der Waals surface area contributed by atoms with Crippen LogP contribution in [0.4, 0.5) is 8.78 Å². The zero-order chi connectivity index (χ0) is 18.5. The summed E-state index contributed by atoms with van der Waals surface area (Å²) in [5, 5.41) is 17.4. The van der Waals surface area contributed by atoms with Gasteiger partial charge < -0.3 is 9.47 Å². The van der Waals surface area contributed by atoms with E-state index < -0.39 is 12.5 Å². The van der Waals surface area contributed by atoms with Gasteiger partial charge in [0.15, 0.2) is 16.7 Å². The molecule has 1 atom stereocenters. The predicted molar refractivity (Wildman–Crippen MR) is 90.5 cm³/mol. The maximum Gasteiger partial charge on any atom is 0.387 e. The van der Waals surface area contributed by atoms with Gasteiger partial charge in [-0.25, -0.2) is 0 Å². The minimum Gasteiger partial charge on any atom is -0.487 e. The van der Waals surface area contributed by atoms with Crippen LogP contribution in [0.15, 0.2) is 30.3 Å². The van der Waals surface area contributed by atoms with E-state index in [0.717, 1.165) is 25.7 Å². The molecule has 2 aromatic rings. The fourth-order valence-corrected chi connectivity index (χ4v) is 3.07. The zero-order valence-electron chi connectivity index (χ0n) is 13.7. The standard InChI is InChI=1S/C18H16ClF2N3O2/c19-17-8-6-14(23-24-17)13(10-22)11-5-7-15(26-18(20)21)16(9-11)25-12-3-1-2-4-12/h5-9,12-13,18H,1-4H2. The highest BCUT2D eigenvalue weighted by molar-refractivity contribution is 6.29. The molecule has 8 heteroatoms. The molecule has 1 aromatic carbocycles. The lowest BCUT2D eigenvalue weighted by Crippen LogP contribution is -2.13. The Morgan fingerprint density at radius 3 is 2.50 bits per heavy atom. The summed E-state index contributed by atoms with van der Waals surface area (Å²) in [6.45, 7) is -2.96. The first-order chi connectivity index (χ1) is 12.6. The summed E-state index contributed by atoms with van der Waals surface area (Å²) in [6, 6.07) is 9.78. The third-order valence-corrected chi connectivity index (χ3v) is 4.39. The molecule has 1 fully saturated rings. The number of rotatable bonds is 6. The lowest BCUT2D eigenvalue weighted by atomic mass is 9.96. The summed E-state index contributed by atoms with van der Waals surface area (Å²) in [6.07, 6.45) is 3.76. The van der Waals surface area contributed by atoms with Crippen LogP contribution in [0, 0.1) is 11.3 Å². The molecule has 0 N–H and O–H groups in total. The Balaban J connectivity index is 1.93. The number of benzene rings is 1. The SMILES string of the molecule is N#CC(c1ccc(OC(F)F)c(OC2CCCC2)c1)c1ccc(Cl)nn1. The topological polar surface area (TPSA) is 68.0 Å². The van der Waals surface area contributed by atoms with Crippen LogP contribution in [0.3, 0.4) is 0 Å². The third-order valence-electron chi connectivity index (χ3n) is 4.19. The third kappa shape index (κ3) is 4.38. The average Bonchev–Trinajstić information content (AvgIpc) is 3.12. The maximum absolute atomic E-state index is 12.7. The molecule has 0 aliphatic heterocycles. The van der Waals surface area contributed by atoms with Gasteiger partial charge in [0.05, 0.1) is 17.9 Å². The van der Waals surface area contributed by atoms with Crippen LogP contribution in [0.5, 0.6) is 11.5 Å². The van der Waals surface area contributed by atoms with Gasteiger partial charge in [0.1, 0.15) is 5.92 Å². The van der Waals surface area contributed by atoms with Crippen molar-refractivity contribution < 1.29 is 18.3 Å². The molecule has 5 nitrogen and oxygen atoms in total. The fourth-order valence-electron chi connectivity index (χ4n) is 2.97. The maximum atomic E-state index is 12.7. The monoisotopic (exact) mass is 379 g/mol. The summed E-state index contributed by atoms with van der Waals surface area (Å²) >= 11 is 5.73. The van der Waals surface area contributed by atoms with E-state index in [2.05, 4.69) is 21.0 Å². The van der Waals surface area contributed by atoms with Crippen LogP contribution in [-0.4, -0.2) is 22.9 Å². The van der Waals surface area contributed by atoms with Crippen molar-refractivity contribution in [2.24, 2.45) is 0 Å². The van der Waals surface area contributed by atoms with E-state index in [0.29, 0.717) is 11.3 Å². The van der Waals surface area contributed by atoms with Gasteiger partial charge in [-0.15, -0.1) is 5.10 Å². The van der Waals surface area contributed by atoms with Crippen LogP contribution in [0.25, 0.3) is 0 Å². The second kappa shape index (κ2) is 8.28. The van der Waals surface area contributed by atoms with Crippen LogP contribution in [0.1, 0.15) is 42.9 Å². The van der Waals surface area contributed by atoms with Crippen molar-refractivity contribution >= 4 is 11.6 Å². The van der Waals surface area contributed by atoms with E-state index in [1.807, 2.05) is 0 Å². The van der Waals surface area contributed by atoms with Crippen molar-refractivity contribution in [2.45, 2.75) is 44.3 Å². The average molecular weight is 380 g/mol.